The van der Waals surface area contributed by atoms with E-state index in [4.69, 9.17) is 4.74 Å². The highest BCUT2D eigenvalue weighted by Crippen LogP contribution is 2.14. The molecule has 134 valence electrons. The molecule has 25 heavy (non-hydrogen) atoms. The van der Waals surface area contributed by atoms with Crippen LogP contribution in [0.25, 0.3) is 0 Å². The quantitative estimate of drug-likeness (QED) is 0.567. The van der Waals surface area contributed by atoms with Crippen molar-refractivity contribution < 1.29 is 9.53 Å². The molecule has 0 unspecified atom stereocenters. The van der Waals surface area contributed by atoms with Gasteiger partial charge in [-0.25, -0.2) is 9.59 Å². The van der Waals surface area contributed by atoms with Gasteiger partial charge in [-0.05, 0) is 37.1 Å². The fourth-order valence-electron chi connectivity index (χ4n) is 2.26. The molecule has 2 rings (SSSR count). The van der Waals surface area contributed by atoms with Crippen LogP contribution in [0.2, 0.25) is 0 Å². The minimum Gasteiger partial charge on any atom is -0.462 e. The zero-order valence-electron chi connectivity index (χ0n) is 14.5. The number of rotatable bonds is 8. The molecule has 2 aromatic rings. The molecular formula is C18H23N3O4. The molecule has 0 spiro atoms. The van der Waals surface area contributed by atoms with Gasteiger partial charge in [0.05, 0.1) is 12.2 Å². The molecule has 1 aromatic carbocycles. The Kier molecular flexibility index (Phi) is 6.56. The zero-order chi connectivity index (χ0) is 18.2. The molecule has 1 aromatic heterocycles. The van der Waals surface area contributed by atoms with Gasteiger partial charge in [0.15, 0.2) is 0 Å². The SMILES string of the molecule is CCCCOC(=O)c1ccc(Nc2cc(=O)n(CCC)c(=O)[nH]2)cc1. The molecule has 0 saturated carbocycles. The van der Waals surface area contributed by atoms with Crippen LogP contribution in [-0.4, -0.2) is 22.1 Å². The summed E-state index contributed by atoms with van der Waals surface area (Å²) in [6.45, 7) is 4.71. The van der Waals surface area contributed by atoms with Crippen molar-refractivity contribution in [3.8, 4) is 0 Å². The van der Waals surface area contributed by atoms with Crippen molar-refractivity contribution in [3.05, 3.63) is 56.7 Å². The Labute approximate surface area is 145 Å². The second kappa shape index (κ2) is 8.86. The number of hydrogen-bond donors (Lipinski definition) is 2. The van der Waals surface area contributed by atoms with Gasteiger partial charge in [-0.3, -0.25) is 14.3 Å². The van der Waals surface area contributed by atoms with E-state index < -0.39 is 5.69 Å². The van der Waals surface area contributed by atoms with E-state index in [1.807, 2.05) is 13.8 Å². The first-order valence-corrected chi connectivity index (χ1v) is 8.43. The molecular weight excluding hydrogens is 322 g/mol. The second-order valence-electron chi connectivity index (χ2n) is 5.67. The first kappa shape index (κ1) is 18.5. The smallest absolute Gasteiger partial charge is 0.338 e. The molecule has 0 saturated heterocycles. The number of aromatic nitrogens is 2. The second-order valence-corrected chi connectivity index (χ2v) is 5.67. The van der Waals surface area contributed by atoms with Crippen LogP contribution < -0.4 is 16.6 Å². The first-order valence-electron chi connectivity index (χ1n) is 8.43. The van der Waals surface area contributed by atoms with Crippen molar-refractivity contribution in [2.24, 2.45) is 0 Å². The van der Waals surface area contributed by atoms with E-state index in [0.717, 1.165) is 17.4 Å². The molecule has 7 nitrogen and oxygen atoms in total. The van der Waals surface area contributed by atoms with Gasteiger partial charge in [-0.1, -0.05) is 20.3 Å². The van der Waals surface area contributed by atoms with Crippen LogP contribution >= 0.6 is 0 Å². The molecule has 0 amide bonds. The van der Waals surface area contributed by atoms with Crippen molar-refractivity contribution >= 4 is 17.5 Å². The third kappa shape index (κ3) is 5.07. The van der Waals surface area contributed by atoms with Gasteiger partial charge in [-0.15, -0.1) is 0 Å². The van der Waals surface area contributed by atoms with Crippen LogP contribution in [0.4, 0.5) is 11.5 Å². The van der Waals surface area contributed by atoms with Crippen molar-refractivity contribution in [2.45, 2.75) is 39.7 Å². The van der Waals surface area contributed by atoms with Crippen LogP contribution in [-0.2, 0) is 11.3 Å². The van der Waals surface area contributed by atoms with Gasteiger partial charge in [0, 0.05) is 18.3 Å². The van der Waals surface area contributed by atoms with Gasteiger partial charge in [0.2, 0.25) is 0 Å². The maximum atomic E-state index is 12.0. The van der Waals surface area contributed by atoms with Crippen LogP contribution in [0.1, 0.15) is 43.5 Å². The molecule has 0 aliphatic carbocycles. The van der Waals surface area contributed by atoms with Crippen LogP contribution in [0.3, 0.4) is 0 Å². The van der Waals surface area contributed by atoms with Crippen LogP contribution in [0.15, 0.2) is 39.9 Å². The summed E-state index contributed by atoms with van der Waals surface area (Å²) >= 11 is 0. The number of anilines is 2. The predicted octanol–water partition coefficient (Wildman–Crippen LogP) is 2.65. The van der Waals surface area contributed by atoms with Gasteiger partial charge < -0.3 is 10.1 Å². The van der Waals surface area contributed by atoms with E-state index in [9.17, 15) is 14.4 Å². The lowest BCUT2D eigenvalue weighted by Crippen LogP contribution is -2.34. The monoisotopic (exact) mass is 345 g/mol. The third-order valence-electron chi connectivity index (χ3n) is 3.60. The molecule has 0 bridgehead atoms. The molecule has 0 aliphatic rings. The summed E-state index contributed by atoms with van der Waals surface area (Å²) in [6, 6.07) is 7.97. The lowest BCUT2D eigenvalue weighted by molar-refractivity contribution is 0.0500. The lowest BCUT2D eigenvalue weighted by Gasteiger charge is -2.09. The fourth-order valence-corrected chi connectivity index (χ4v) is 2.26. The van der Waals surface area contributed by atoms with E-state index in [1.165, 1.54) is 6.07 Å². The Balaban J connectivity index is 2.07. The number of esters is 1. The minimum absolute atomic E-state index is 0.306. The molecule has 0 atom stereocenters. The van der Waals surface area contributed by atoms with Crippen molar-refractivity contribution in [1.82, 2.24) is 9.55 Å². The van der Waals surface area contributed by atoms with E-state index in [1.54, 1.807) is 24.3 Å². The molecule has 0 fully saturated rings. The van der Waals surface area contributed by atoms with E-state index in [2.05, 4.69) is 10.3 Å². The van der Waals surface area contributed by atoms with Gasteiger partial charge in [-0.2, -0.15) is 0 Å². The maximum absolute atomic E-state index is 12.0. The van der Waals surface area contributed by atoms with Crippen molar-refractivity contribution in [1.29, 1.82) is 0 Å². The summed E-state index contributed by atoms with van der Waals surface area (Å²) in [7, 11) is 0. The number of nitrogens with one attached hydrogen (secondary N) is 2. The predicted molar refractivity (Wildman–Crippen MR) is 96.5 cm³/mol. The average molecular weight is 345 g/mol. The Hall–Kier alpha value is -2.83. The van der Waals surface area contributed by atoms with Crippen LogP contribution in [0.5, 0.6) is 0 Å². The summed E-state index contributed by atoms with van der Waals surface area (Å²) in [5.41, 5.74) is 0.291. The van der Waals surface area contributed by atoms with Gasteiger partial charge in [0.1, 0.15) is 5.82 Å². The summed E-state index contributed by atoms with van der Waals surface area (Å²) in [5, 5.41) is 2.95. The summed E-state index contributed by atoms with van der Waals surface area (Å²) in [4.78, 5) is 38.3. The number of ether oxygens (including phenoxy) is 1. The summed E-state index contributed by atoms with van der Waals surface area (Å²) < 4.78 is 6.30. The number of H-pyrrole nitrogens is 1. The summed E-state index contributed by atoms with van der Waals surface area (Å²) in [5.74, 6) is -0.0591. The third-order valence-corrected chi connectivity index (χ3v) is 3.60. The number of carbonyl (C=O) groups excluding carboxylic acids is 1. The number of unbranched alkanes of at least 4 members (excludes halogenated alkanes) is 1. The molecule has 2 N–H and O–H groups in total. The highest BCUT2D eigenvalue weighted by molar-refractivity contribution is 5.89. The number of carbonyl (C=O) groups is 1. The molecule has 0 radical (unpaired) electrons. The highest BCUT2D eigenvalue weighted by atomic mass is 16.5. The van der Waals surface area contributed by atoms with E-state index in [-0.39, 0.29) is 11.5 Å². The van der Waals surface area contributed by atoms with Gasteiger partial charge in [0.25, 0.3) is 5.56 Å². The molecule has 7 heteroatoms. The molecule has 1 heterocycles. The zero-order valence-corrected chi connectivity index (χ0v) is 14.5. The maximum Gasteiger partial charge on any atom is 0.338 e. The van der Waals surface area contributed by atoms with Crippen molar-refractivity contribution in [2.75, 3.05) is 11.9 Å². The largest absolute Gasteiger partial charge is 0.462 e. The average Bonchev–Trinajstić information content (AvgIpc) is 2.59. The van der Waals surface area contributed by atoms with Crippen LogP contribution in [0, 0.1) is 0 Å². The minimum atomic E-state index is -0.451. The van der Waals surface area contributed by atoms with Crippen molar-refractivity contribution in [3.63, 3.8) is 0 Å². The van der Waals surface area contributed by atoms with E-state index >= 15 is 0 Å². The molecule has 0 aliphatic heterocycles. The highest BCUT2D eigenvalue weighted by Gasteiger charge is 2.08. The fraction of sp³-hybridized carbons (Fsp3) is 0.389. The lowest BCUT2D eigenvalue weighted by atomic mass is 10.2. The topological polar surface area (TPSA) is 93.2 Å². The Morgan fingerprint density at radius 2 is 1.88 bits per heavy atom. The van der Waals surface area contributed by atoms with Gasteiger partial charge >= 0.3 is 11.7 Å². The number of nitrogens with zero attached hydrogens (tertiary/aromatic N) is 1. The number of aromatic amines is 1. The van der Waals surface area contributed by atoms with E-state index in [0.29, 0.717) is 36.6 Å². The first-order chi connectivity index (χ1) is 12.0. The number of hydrogen-bond acceptors (Lipinski definition) is 5. The Morgan fingerprint density at radius 1 is 1.16 bits per heavy atom. The summed E-state index contributed by atoms with van der Waals surface area (Å²) in [6.07, 6.45) is 2.50. The number of benzene rings is 1. The standard InChI is InChI=1S/C18H23N3O4/c1-3-5-11-25-17(23)13-6-8-14(9-7-13)19-15-12-16(22)21(10-4-2)18(24)20-15/h6-9,12,19H,3-5,10-11H2,1-2H3,(H,20,24). The Morgan fingerprint density at radius 3 is 2.48 bits per heavy atom. The normalized spacial score (nSPS) is 10.5. The Bertz CT molecular complexity index is 790.